The quantitative estimate of drug-likeness (QED) is 0.720. The summed E-state index contributed by atoms with van der Waals surface area (Å²) in [7, 11) is 1.98. The van der Waals surface area contributed by atoms with Gasteiger partial charge in [0.15, 0.2) is 0 Å². The lowest BCUT2D eigenvalue weighted by Crippen LogP contribution is -2.29. The molecule has 0 aliphatic carbocycles. The molecule has 1 heterocycles. The van der Waals surface area contributed by atoms with Crippen molar-refractivity contribution in [3.8, 4) is 0 Å². The third kappa shape index (κ3) is 4.94. The monoisotopic (exact) mass is 229 g/mol. The molecule has 0 bridgehead atoms. The van der Waals surface area contributed by atoms with Crippen LogP contribution in [0.5, 0.6) is 0 Å². The molecule has 0 amide bonds. The minimum atomic E-state index is -0.717. The number of hydrogen-bond donors (Lipinski definition) is 1. The van der Waals surface area contributed by atoms with E-state index in [2.05, 4.69) is 4.90 Å². The molecule has 4 nitrogen and oxygen atoms in total. The molecular weight excluding hydrogens is 206 g/mol. The van der Waals surface area contributed by atoms with Crippen LogP contribution in [0.2, 0.25) is 0 Å². The predicted octanol–water partition coefficient (Wildman–Crippen LogP) is 1.60. The minimum Gasteiger partial charge on any atom is -0.481 e. The number of carbonyl (C=O) groups is 1. The van der Waals surface area contributed by atoms with E-state index in [9.17, 15) is 4.79 Å². The molecule has 0 spiro atoms. The SMILES string of the molecule is CC(CN(C)CCCC1CCCO1)C(=O)O. The van der Waals surface area contributed by atoms with Crippen LogP contribution in [0.1, 0.15) is 32.6 Å². The summed E-state index contributed by atoms with van der Waals surface area (Å²) in [5.74, 6) is -1.00. The molecule has 1 aliphatic rings. The topological polar surface area (TPSA) is 49.8 Å². The van der Waals surface area contributed by atoms with Crippen molar-refractivity contribution >= 4 is 5.97 Å². The van der Waals surface area contributed by atoms with Gasteiger partial charge in [0, 0.05) is 13.2 Å². The van der Waals surface area contributed by atoms with E-state index < -0.39 is 5.97 Å². The first-order valence-corrected chi connectivity index (χ1v) is 6.12. The number of carboxylic acids is 1. The van der Waals surface area contributed by atoms with Gasteiger partial charge in [0.05, 0.1) is 12.0 Å². The van der Waals surface area contributed by atoms with Crippen molar-refractivity contribution < 1.29 is 14.6 Å². The zero-order valence-electron chi connectivity index (χ0n) is 10.3. The highest BCUT2D eigenvalue weighted by molar-refractivity contribution is 5.69. The Morgan fingerprint density at radius 1 is 1.62 bits per heavy atom. The van der Waals surface area contributed by atoms with Gasteiger partial charge in [-0.05, 0) is 39.3 Å². The summed E-state index contributed by atoms with van der Waals surface area (Å²) in [5, 5.41) is 8.78. The summed E-state index contributed by atoms with van der Waals surface area (Å²) in [4.78, 5) is 12.8. The summed E-state index contributed by atoms with van der Waals surface area (Å²) < 4.78 is 5.54. The molecule has 1 rings (SSSR count). The number of hydrogen-bond acceptors (Lipinski definition) is 3. The molecular formula is C12H23NO3. The normalized spacial score (nSPS) is 22.6. The fourth-order valence-electron chi connectivity index (χ4n) is 2.10. The van der Waals surface area contributed by atoms with Gasteiger partial charge < -0.3 is 14.7 Å². The van der Waals surface area contributed by atoms with Crippen molar-refractivity contribution in [2.75, 3.05) is 26.7 Å². The van der Waals surface area contributed by atoms with Crippen LogP contribution in [0.15, 0.2) is 0 Å². The van der Waals surface area contributed by atoms with Crippen LogP contribution in [-0.2, 0) is 9.53 Å². The van der Waals surface area contributed by atoms with Crippen LogP contribution in [0, 0.1) is 5.92 Å². The molecule has 0 radical (unpaired) electrons. The maximum absolute atomic E-state index is 10.7. The molecule has 1 N–H and O–H groups in total. The largest absolute Gasteiger partial charge is 0.481 e. The maximum atomic E-state index is 10.7. The lowest BCUT2D eigenvalue weighted by molar-refractivity contribution is -0.141. The summed E-state index contributed by atoms with van der Waals surface area (Å²) in [6, 6.07) is 0. The molecule has 1 fully saturated rings. The van der Waals surface area contributed by atoms with Gasteiger partial charge in [0.25, 0.3) is 0 Å². The third-order valence-corrected chi connectivity index (χ3v) is 3.10. The van der Waals surface area contributed by atoms with E-state index in [4.69, 9.17) is 9.84 Å². The van der Waals surface area contributed by atoms with Crippen LogP contribution >= 0.6 is 0 Å². The van der Waals surface area contributed by atoms with Crippen LogP contribution in [0.25, 0.3) is 0 Å². The standard InChI is InChI=1S/C12H23NO3/c1-10(12(14)15)9-13(2)7-3-5-11-6-4-8-16-11/h10-11H,3-9H2,1-2H3,(H,14,15). The minimum absolute atomic E-state index is 0.285. The second kappa shape index (κ2) is 6.86. The van der Waals surface area contributed by atoms with Gasteiger partial charge in [-0.3, -0.25) is 4.79 Å². The van der Waals surface area contributed by atoms with Crippen LogP contribution in [0.4, 0.5) is 0 Å². The van der Waals surface area contributed by atoms with E-state index in [1.54, 1.807) is 6.92 Å². The fourth-order valence-corrected chi connectivity index (χ4v) is 2.10. The van der Waals surface area contributed by atoms with Gasteiger partial charge in [0.1, 0.15) is 0 Å². The zero-order valence-corrected chi connectivity index (χ0v) is 10.3. The van der Waals surface area contributed by atoms with E-state index in [0.717, 1.165) is 26.0 Å². The maximum Gasteiger partial charge on any atom is 0.307 e. The number of ether oxygens (including phenoxy) is 1. The highest BCUT2D eigenvalue weighted by atomic mass is 16.5. The Bertz CT molecular complexity index is 214. The summed E-state index contributed by atoms with van der Waals surface area (Å²) >= 11 is 0. The molecule has 16 heavy (non-hydrogen) atoms. The van der Waals surface area contributed by atoms with Crippen molar-refractivity contribution in [3.05, 3.63) is 0 Å². The van der Waals surface area contributed by atoms with Crippen molar-refractivity contribution in [2.45, 2.75) is 38.7 Å². The number of aliphatic carboxylic acids is 1. The lowest BCUT2D eigenvalue weighted by atomic mass is 10.1. The molecule has 94 valence electrons. The van der Waals surface area contributed by atoms with Gasteiger partial charge in [0.2, 0.25) is 0 Å². The third-order valence-electron chi connectivity index (χ3n) is 3.10. The van der Waals surface area contributed by atoms with E-state index in [1.165, 1.54) is 12.8 Å². The second-order valence-electron chi connectivity index (χ2n) is 4.78. The van der Waals surface area contributed by atoms with Gasteiger partial charge in [-0.25, -0.2) is 0 Å². The van der Waals surface area contributed by atoms with Crippen LogP contribution in [0.3, 0.4) is 0 Å². The molecule has 0 aromatic rings. The Morgan fingerprint density at radius 3 is 2.94 bits per heavy atom. The molecule has 4 heteroatoms. The van der Waals surface area contributed by atoms with Crippen molar-refractivity contribution in [1.82, 2.24) is 4.90 Å². The van der Waals surface area contributed by atoms with Crippen LogP contribution < -0.4 is 0 Å². The zero-order chi connectivity index (χ0) is 12.0. The Kier molecular flexibility index (Phi) is 5.77. The summed E-state index contributed by atoms with van der Waals surface area (Å²) in [6.07, 6.45) is 5.02. The molecule has 1 saturated heterocycles. The fraction of sp³-hybridized carbons (Fsp3) is 0.917. The second-order valence-corrected chi connectivity index (χ2v) is 4.78. The first kappa shape index (κ1) is 13.5. The van der Waals surface area contributed by atoms with E-state index in [0.29, 0.717) is 12.6 Å². The number of nitrogens with zero attached hydrogens (tertiary/aromatic N) is 1. The van der Waals surface area contributed by atoms with Crippen LogP contribution in [-0.4, -0.2) is 48.8 Å². The highest BCUT2D eigenvalue weighted by Crippen LogP contribution is 2.16. The van der Waals surface area contributed by atoms with Crippen molar-refractivity contribution in [2.24, 2.45) is 5.92 Å². The number of carboxylic acid groups (broad SMARTS) is 1. The lowest BCUT2D eigenvalue weighted by Gasteiger charge is -2.19. The number of rotatable bonds is 7. The Balaban J connectivity index is 2.05. The Morgan fingerprint density at radius 2 is 2.38 bits per heavy atom. The average molecular weight is 229 g/mol. The molecule has 0 aromatic carbocycles. The molecule has 2 atom stereocenters. The predicted molar refractivity (Wildman–Crippen MR) is 62.5 cm³/mol. The average Bonchev–Trinajstić information content (AvgIpc) is 2.70. The molecule has 2 unspecified atom stereocenters. The van der Waals surface area contributed by atoms with E-state index in [1.807, 2.05) is 7.05 Å². The summed E-state index contributed by atoms with van der Waals surface area (Å²) in [6.45, 7) is 4.24. The van der Waals surface area contributed by atoms with E-state index in [-0.39, 0.29) is 5.92 Å². The van der Waals surface area contributed by atoms with Gasteiger partial charge in [-0.15, -0.1) is 0 Å². The molecule has 1 aliphatic heterocycles. The van der Waals surface area contributed by atoms with Crippen molar-refractivity contribution in [1.29, 1.82) is 0 Å². The summed E-state index contributed by atoms with van der Waals surface area (Å²) in [5.41, 5.74) is 0. The smallest absolute Gasteiger partial charge is 0.307 e. The van der Waals surface area contributed by atoms with E-state index >= 15 is 0 Å². The Hall–Kier alpha value is -0.610. The first-order valence-electron chi connectivity index (χ1n) is 6.12. The van der Waals surface area contributed by atoms with Gasteiger partial charge in [-0.2, -0.15) is 0 Å². The molecule has 0 aromatic heterocycles. The highest BCUT2D eigenvalue weighted by Gasteiger charge is 2.16. The van der Waals surface area contributed by atoms with Crippen molar-refractivity contribution in [3.63, 3.8) is 0 Å². The van der Waals surface area contributed by atoms with Gasteiger partial charge >= 0.3 is 5.97 Å². The van der Waals surface area contributed by atoms with Gasteiger partial charge in [-0.1, -0.05) is 6.92 Å². The molecule has 0 saturated carbocycles. The first-order chi connectivity index (χ1) is 7.59. The Labute approximate surface area is 97.6 Å².